The van der Waals surface area contributed by atoms with Crippen molar-refractivity contribution in [3.05, 3.63) is 39.5 Å². The van der Waals surface area contributed by atoms with Gasteiger partial charge in [0.1, 0.15) is 11.0 Å². The van der Waals surface area contributed by atoms with Crippen molar-refractivity contribution in [3.63, 3.8) is 0 Å². The van der Waals surface area contributed by atoms with Gasteiger partial charge in [0.05, 0.1) is 15.8 Å². The number of benzene rings is 1. The Bertz CT molecular complexity index is 1030. The van der Waals surface area contributed by atoms with Crippen molar-refractivity contribution in [1.82, 2.24) is 20.2 Å². The second-order valence-electron chi connectivity index (χ2n) is 7.89. The van der Waals surface area contributed by atoms with E-state index < -0.39 is 0 Å². The van der Waals surface area contributed by atoms with Crippen molar-refractivity contribution >= 4 is 70.0 Å². The molecule has 1 aliphatic rings. The van der Waals surface area contributed by atoms with Crippen molar-refractivity contribution in [2.24, 2.45) is 0 Å². The lowest BCUT2D eigenvalue weighted by Crippen LogP contribution is -2.55. The summed E-state index contributed by atoms with van der Waals surface area (Å²) in [7, 11) is 0. The van der Waals surface area contributed by atoms with Gasteiger partial charge < -0.3 is 20.4 Å². The largest absolute Gasteiger partial charge is 0.353 e. The van der Waals surface area contributed by atoms with Gasteiger partial charge in [0.15, 0.2) is 5.16 Å². The molecule has 8 nitrogen and oxygen atoms in total. The Morgan fingerprint density at radius 1 is 1.15 bits per heavy atom. The van der Waals surface area contributed by atoms with Gasteiger partial charge in [-0.15, -0.1) is 0 Å². The van der Waals surface area contributed by atoms with E-state index in [2.05, 4.69) is 25.5 Å². The quantitative estimate of drug-likeness (QED) is 0.316. The maximum Gasteiger partial charge on any atom is 0.322 e. The fraction of sp³-hybridized carbons (Fsp3) is 0.429. The minimum absolute atomic E-state index is 0.0700. The van der Waals surface area contributed by atoms with Gasteiger partial charge in [-0.05, 0) is 39.0 Å². The van der Waals surface area contributed by atoms with E-state index in [0.717, 1.165) is 0 Å². The molecule has 0 aliphatic carbocycles. The molecule has 1 saturated heterocycles. The predicted octanol–water partition coefficient (Wildman–Crippen LogP) is 4.80. The number of hydrogen-bond donors (Lipinski definition) is 2. The van der Waals surface area contributed by atoms with E-state index in [0.29, 0.717) is 51.5 Å². The van der Waals surface area contributed by atoms with Crippen molar-refractivity contribution < 1.29 is 9.59 Å². The van der Waals surface area contributed by atoms with E-state index in [1.165, 1.54) is 11.8 Å². The molecule has 1 aromatic heterocycles. The van der Waals surface area contributed by atoms with Crippen LogP contribution in [0.5, 0.6) is 0 Å². The number of carbonyl (C=O) groups excluding carboxylic acids is 2. The Labute approximate surface area is 212 Å². The van der Waals surface area contributed by atoms with E-state index in [9.17, 15) is 9.59 Å². The molecule has 2 heterocycles. The number of aromatic nitrogens is 2. The van der Waals surface area contributed by atoms with Gasteiger partial charge in [-0.25, -0.2) is 14.8 Å². The standard InChI is InChI=1S/C21H25Cl3N6O2S/c1-12(2)25-19(31)11-33-20-27-17(24)9-18(28-20)29-6-7-30(13(3)10-29)21(32)26-14-4-5-15(22)16(23)8-14/h4-5,8-9,12-13H,6-7,10-11H2,1-3H3,(H,25,31)(H,26,32). The van der Waals surface area contributed by atoms with Crippen LogP contribution in [0, 0.1) is 0 Å². The zero-order valence-corrected chi connectivity index (χ0v) is 21.5. The van der Waals surface area contributed by atoms with Crippen LogP contribution in [0.15, 0.2) is 29.4 Å². The molecule has 1 fully saturated rings. The van der Waals surface area contributed by atoms with Crippen LogP contribution in [0.3, 0.4) is 0 Å². The minimum atomic E-state index is -0.214. The Morgan fingerprint density at radius 2 is 1.91 bits per heavy atom. The highest BCUT2D eigenvalue weighted by Gasteiger charge is 2.28. The average molecular weight is 532 g/mol. The zero-order valence-electron chi connectivity index (χ0n) is 18.4. The van der Waals surface area contributed by atoms with Crippen molar-refractivity contribution in [1.29, 1.82) is 0 Å². The monoisotopic (exact) mass is 530 g/mol. The van der Waals surface area contributed by atoms with Crippen LogP contribution >= 0.6 is 46.6 Å². The number of rotatable bonds is 6. The fourth-order valence-corrected chi connectivity index (χ4v) is 4.53. The smallest absolute Gasteiger partial charge is 0.322 e. The van der Waals surface area contributed by atoms with Crippen molar-refractivity contribution in [3.8, 4) is 0 Å². The molecule has 1 aliphatic heterocycles. The van der Waals surface area contributed by atoms with Crippen LogP contribution in [0.25, 0.3) is 0 Å². The van der Waals surface area contributed by atoms with E-state index in [1.54, 1.807) is 29.2 Å². The van der Waals surface area contributed by atoms with Crippen LogP contribution in [0.1, 0.15) is 20.8 Å². The number of anilines is 2. The molecule has 178 valence electrons. The summed E-state index contributed by atoms with van der Waals surface area (Å²) in [5.41, 5.74) is 0.579. The van der Waals surface area contributed by atoms with E-state index in [4.69, 9.17) is 34.8 Å². The first kappa shape index (κ1) is 25.7. The molecule has 1 aromatic carbocycles. The Balaban J connectivity index is 1.61. The molecule has 0 spiro atoms. The lowest BCUT2D eigenvalue weighted by molar-refractivity contribution is -0.119. The third-order valence-electron chi connectivity index (χ3n) is 4.83. The van der Waals surface area contributed by atoms with Gasteiger partial charge >= 0.3 is 6.03 Å². The van der Waals surface area contributed by atoms with E-state index in [-0.39, 0.29) is 29.8 Å². The maximum atomic E-state index is 12.8. The van der Waals surface area contributed by atoms with Crippen LogP contribution in [0.2, 0.25) is 15.2 Å². The molecule has 3 rings (SSSR count). The summed E-state index contributed by atoms with van der Waals surface area (Å²) in [5.74, 6) is 0.783. The van der Waals surface area contributed by atoms with Gasteiger partial charge in [-0.3, -0.25) is 4.79 Å². The minimum Gasteiger partial charge on any atom is -0.353 e. The van der Waals surface area contributed by atoms with Crippen molar-refractivity contribution in [2.75, 3.05) is 35.6 Å². The summed E-state index contributed by atoms with van der Waals surface area (Å²) < 4.78 is 0. The molecule has 0 radical (unpaired) electrons. The van der Waals surface area contributed by atoms with Gasteiger partial charge in [0.25, 0.3) is 0 Å². The summed E-state index contributed by atoms with van der Waals surface area (Å²) in [6.45, 7) is 7.42. The molecule has 1 atom stereocenters. The van der Waals surface area contributed by atoms with E-state index in [1.807, 2.05) is 20.8 Å². The first-order chi connectivity index (χ1) is 15.6. The third-order valence-corrected chi connectivity index (χ3v) is 6.61. The molecule has 0 saturated carbocycles. The Hall–Kier alpha value is -1.94. The normalized spacial score (nSPS) is 16.2. The van der Waals surface area contributed by atoms with Crippen LogP contribution in [0.4, 0.5) is 16.3 Å². The fourth-order valence-electron chi connectivity index (χ4n) is 3.34. The maximum absolute atomic E-state index is 12.8. The highest BCUT2D eigenvalue weighted by Crippen LogP contribution is 2.27. The lowest BCUT2D eigenvalue weighted by Gasteiger charge is -2.40. The number of urea groups is 1. The number of thioether (sulfide) groups is 1. The summed E-state index contributed by atoms with van der Waals surface area (Å²) in [6.07, 6.45) is 0. The highest BCUT2D eigenvalue weighted by molar-refractivity contribution is 7.99. The number of nitrogens with one attached hydrogen (secondary N) is 2. The SMILES string of the molecule is CC(C)NC(=O)CSc1nc(Cl)cc(N2CCN(C(=O)Nc3ccc(Cl)c(Cl)c3)C(C)C2)n1. The number of halogens is 3. The second-order valence-corrected chi connectivity index (χ2v) is 10.0. The Morgan fingerprint density at radius 3 is 2.58 bits per heavy atom. The predicted molar refractivity (Wildman–Crippen MR) is 135 cm³/mol. The van der Waals surface area contributed by atoms with E-state index >= 15 is 0 Å². The first-order valence-electron chi connectivity index (χ1n) is 10.4. The summed E-state index contributed by atoms with van der Waals surface area (Å²) in [4.78, 5) is 37.3. The highest BCUT2D eigenvalue weighted by atomic mass is 35.5. The topological polar surface area (TPSA) is 90.5 Å². The van der Waals surface area contributed by atoms with Gasteiger partial charge in [0, 0.05) is 43.5 Å². The number of nitrogens with zero attached hydrogens (tertiary/aromatic N) is 4. The molecule has 2 N–H and O–H groups in total. The Kier molecular flexibility index (Phi) is 8.92. The third kappa shape index (κ3) is 7.27. The summed E-state index contributed by atoms with van der Waals surface area (Å²) >= 11 is 19.4. The molecule has 12 heteroatoms. The molecular weight excluding hydrogens is 507 g/mol. The van der Waals surface area contributed by atoms with Gasteiger partial charge in [-0.1, -0.05) is 46.6 Å². The molecule has 0 bridgehead atoms. The molecule has 3 amide bonds. The molecule has 2 aromatic rings. The molecule has 1 unspecified atom stereocenters. The van der Waals surface area contributed by atoms with Crippen LogP contribution in [-0.4, -0.2) is 64.3 Å². The van der Waals surface area contributed by atoms with Crippen LogP contribution in [-0.2, 0) is 4.79 Å². The van der Waals surface area contributed by atoms with Crippen LogP contribution < -0.4 is 15.5 Å². The van der Waals surface area contributed by atoms with Gasteiger partial charge in [-0.2, -0.15) is 0 Å². The summed E-state index contributed by atoms with van der Waals surface area (Å²) in [6, 6.07) is 6.43. The number of piperazine rings is 1. The number of hydrogen-bond acceptors (Lipinski definition) is 6. The average Bonchev–Trinajstić information content (AvgIpc) is 2.74. The summed E-state index contributed by atoms with van der Waals surface area (Å²) in [5, 5.41) is 7.24. The zero-order chi connectivity index (χ0) is 24.1. The molecule has 33 heavy (non-hydrogen) atoms. The van der Waals surface area contributed by atoms with Gasteiger partial charge in [0.2, 0.25) is 5.91 Å². The molecular formula is C21H25Cl3N6O2S. The number of carbonyl (C=O) groups is 2. The second kappa shape index (κ2) is 11.5. The number of amides is 3. The lowest BCUT2D eigenvalue weighted by atomic mass is 10.2. The van der Waals surface area contributed by atoms with Crippen molar-refractivity contribution in [2.45, 2.75) is 38.0 Å². The first-order valence-corrected chi connectivity index (χ1v) is 12.5.